The van der Waals surface area contributed by atoms with Crippen LogP contribution < -0.4 is 19.5 Å². The van der Waals surface area contributed by atoms with E-state index in [4.69, 9.17) is 23.9 Å². The van der Waals surface area contributed by atoms with Gasteiger partial charge in [-0.15, -0.1) is 0 Å². The molecule has 1 N–H and O–H groups in total. The van der Waals surface area contributed by atoms with Gasteiger partial charge in [0.1, 0.15) is 0 Å². The smallest absolute Gasteiger partial charge is 0.339 e. The number of nitrogens with zero attached hydrogens (tertiary/aromatic N) is 1. The third kappa shape index (κ3) is 4.98. The number of methoxy groups -OCH3 is 3. The molecule has 8 nitrogen and oxygen atoms in total. The van der Waals surface area contributed by atoms with Crippen molar-refractivity contribution >= 4 is 34.4 Å². The molecule has 0 spiro atoms. The van der Waals surface area contributed by atoms with E-state index in [0.717, 1.165) is 22.4 Å². The van der Waals surface area contributed by atoms with Gasteiger partial charge >= 0.3 is 5.97 Å². The summed E-state index contributed by atoms with van der Waals surface area (Å²) >= 11 is 0. The van der Waals surface area contributed by atoms with Gasteiger partial charge in [-0.25, -0.2) is 9.78 Å². The monoisotopic (exact) mass is 490 g/mol. The fourth-order valence-corrected chi connectivity index (χ4v) is 4.46. The van der Waals surface area contributed by atoms with E-state index in [0.29, 0.717) is 46.6 Å². The molecule has 0 aliphatic heterocycles. The van der Waals surface area contributed by atoms with E-state index < -0.39 is 5.97 Å². The van der Waals surface area contributed by atoms with E-state index in [1.54, 1.807) is 21.3 Å². The van der Waals surface area contributed by atoms with Crippen LogP contribution in [-0.2, 0) is 16.0 Å². The Balaban J connectivity index is 1.76. The zero-order valence-corrected chi connectivity index (χ0v) is 21.1. The zero-order chi connectivity index (χ0) is 25.8. The molecule has 4 rings (SSSR count). The summed E-state index contributed by atoms with van der Waals surface area (Å²) in [7, 11) is 4.71. The van der Waals surface area contributed by atoms with Crippen molar-refractivity contribution in [1.29, 1.82) is 0 Å². The summed E-state index contributed by atoms with van der Waals surface area (Å²) in [5.74, 6) is 0.758. The number of nitrogens with one attached hydrogen (secondary N) is 1. The average molecular weight is 491 g/mol. The van der Waals surface area contributed by atoms with Gasteiger partial charge in [0.2, 0.25) is 5.75 Å². The first kappa shape index (κ1) is 25.0. The van der Waals surface area contributed by atoms with Gasteiger partial charge in [-0.3, -0.25) is 4.79 Å². The first-order valence-corrected chi connectivity index (χ1v) is 11.7. The Morgan fingerprint density at radius 2 is 1.72 bits per heavy atom. The van der Waals surface area contributed by atoms with Gasteiger partial charge in [0.15, 0.2) is 18.1 Å². The lowest BCUT2D eigenvalue weighted by molar-refractivity contribution is -0.124. The highest BCUT2D eigenvalue weighted by atomic mass is 16.5. The Bertz CT molecular complexity index is 1320. The maximum absolute atomic E-state index is 13.2. The second-order valence-corrected chi connectivity index (χ2v) is 8.76. The summed E-state index contributed by atoms with van der Waals surface area (Å²) < 4.78 is 21.8. The molecular formula is C28H30N2O6. The Labute approximate surface area is 210 Å². The van der Waals surface area contributed by atoms with Gasteiger partial charge < -0.3 is 24.3 Å². The van der Waals surface area contributed by atoms with Crippen LogP contribution in [0.25, 0.3) is 22.6 Å². The predicted octanol–water partition coefficient (Wildman–Crippen LogP) is 4.43. The number of carbonyl (C=O) groups excluding carboxylic acids is 2. The molecule has 1 aromatic heterocycles. The average Bonchev–Trinajstić information content (AvgIpc) is 3.26. The van der Waals surface area contributed by atoms with Crippen molar-refractivity contribution in [1.82, 2.24) is 10.3 Å². The minimum atomic E-state index is -0.530. The molecule has 0 saturated carbocycles. The Kier molecular flexibility index (Phi) is 7.43. The van der Waals surface area contributed by atoms with Gasteiger partial charge in [-0.2, -0.15) is 0 Å². The number of rotatable bonds is 8. The van der Waals surface area contributed by atoms with Gasteiger partial charge in [-0.05, 0) is 67.7 Å². The molecule has 0 unspecified atom stereocenters. The molecule has 1 aliphatic carbocycles. The number of amides is 1. The van der Waals surface area contributed by atoms with Crippen LogP contribution in [-0.4, -0.2) is 50.8 Å². The lowest BCUT2D eigenvalue weighted by atomic mass is 10.0. The molecule has 1 aliphatic rings. The van der Waals surface area contributed by atoms with E-state index in [-0.39, 0.29) is 18.6 Å². The number of fused-ring (bicyclic) bond motifs is 2. The summed E-state index contributed by atoms with van der Waals surface area (Å²) in [6.45, 7) is 3.37. The molecule has 8 heteroatoms. The van der Waals surface area contributed by atoms with Crippen molar-refractivity contribution in [2.45, 2.75) is 32.7 Å². The van der Waals surface area contributed by atoms with Crippen LogP contribution in [0.2, 0.25) is 0 Å². The van der Waals surface area contributed by atoms with Crippen LogP contribution in [0.5, 0.6) is 17.2 Å². The zero-order valence-electron chi connectivity index (χ0n) is 21.1. The maximum Gasteiger partial charge on any atom is 0.339 e. The third-order valence-electron chi connectivity index (χ3n) is 5.96. The second-order valence-electron chi connectivity index (χ2n) is 8.76. The Morgan fingerprint density at radius 1 is 1.03 bits per heavy atom. The lowest BCUT2D eigenvalue weighted by Gasteiger charge is -2.14. The third-order valence-corrected chi connectivity index (χ3v) is 5.96. The highest BCUT2D eigenvalue weighted by Gasteiger charge is 2.28. The van der Waals surface area contributed by atoms with Crippen molar-refractivity contribution < 1.29 is 28.5 Å². The van der Waals surface area contributed by atoms with E-state index >= 15 is 0 Å². The normalized spacial score (nSPS) is 13.6. The topological polar surface area (TPSA) is 96.0 Å². The highest BCUT2D eigenvalue weighted by Crippen LogP contribution is 2.41. The molecule has 0 radical (unpaired) electrons. The summed E-state index contributed by atoms with van der Waals surface area (Å²) in [5.41, 5.74) is 4.56. The van der Waals surface area contributed by atoms with Crippen molar-refractivity contribution in [2.75, 3.05) is 27.9 Å². The van der Waals surface area contributed by atoms with Gasteiger partial charge in [0.05, 0.1) is 38.1 Å². The van der Waals surface area contributed by atoms with Gasteiger partial charge in [0, 0.05) is 11.4 Å². The SMILES string of the molecule is COc1cc(/C=C2\CCc3c2nc2ccccc2c3C(=O)OCC(=O)NC(C)C)cc(OC)c1OC. The Morgan fingerprint density at radius 3 is 2.36 bits per heavy atom. The van der Waals surface area contributed by atoms with Crippen LogP contribution in [0, 0.1) is 0 Å². The number of ether oxygens (including phenoxy) is 4. The van der Waals surface area contributed by atoms with Gasteiger partial charge in [0.25, 0.3) is 5.91 Å². The minimum absolute atomic E-state index is 0.0369. The lowest BCUT2D eigenvalue weighted by Crippen LogP contribution is -2.34. The number of esters is 1. The second kappa shape index (κ2) is 10.7. The minimum Gasteiger partial charge on any atom is -0.493 e. The summed E-state index contributed by atoms with van der Waals surface area (Å²) in [5, 5.41) is 3.44. The maximum atomic E-state index is 13.2. The summed E-state index contributed by atoms with van der Waals surface area (Å²) in [6.07, 6.45) is 3.35. The van der Waals surface area contributed by atoms with Crippen LogP contribution in [0.1, 0.15) is 47.4 Å². The summed E-state index contributed by atoms with van der Waals surface area (Å²) in [6, 6.07) is 11.2. The fraction of sp³-hybridized carbons (Fsp3) is 0.321. The standard InChI is InChI=1S/C28H30N2O6/c1-16(2)29-24(31)15-36-28(32)25-19-8-6-7-9-21(19)30-26-18(10-11-20(25)26)12-17-13-22(33-3)27(35-5)23(14-17)34-4/h6-9,12-14,16H,10-11,15H2,1-5H3,(H,29,31)/b18-12+. The number of hydrogen-bond acceptors (Lipinski definition) is 7. The number of allylic oxidation sites excluding steroid dienone is 1. The van der Waals surface area contributed by atoms with Crippen molar-refractivity contribution in [2.24, 2.45) is 0 Å². The quantitative estimate of drug-likeness (QED) is 0.467. The number of hydrogen-bond donors (Lipinski definition) is 1. The van der Waals surface area contributed by atoms with Crippen molar-refractivity contribution in [3.05, 3.63) is 58.8 Å². The molecular weight excluding hydrogens is 460 g/mol. The number of carbonyl (C=O) groups is 2. The molecule has 0 atom stereocenters. The molecule has 36 heavy (non-hydrogen) atoms. The predicted molar refractivity (Wildman–Crippen MR) is 138 cm³/mol. The molecule has 0 saturated heterocycles. The van der Waals surface area contributed by atoms with Crippen LogP contribution >= 0.6 is 0 Å². The number of aromatic nitrogens is 1. The van der Waals surface area contributed by atoms with Crippen LogP contribution in [0.15, 0.2) is 36.4 Å². The molecule has 0 fully saturated rings. The molecule has 1 heterocycles. The van der Waals surface area contributed by atoms with Gasteiger partial charge in [-0.1, -0.05) is 18.2 Å². The van der Waals surface area contributed by atoms with Crippen LogP contribution in [0.3, 0.4) is 0 Å². The number of pyridine rings is 1. The molecule has 1 amide bonds. The molecule has 3 aromatic rings. The van der Waals surface area contributed by atoms with Crippen molar-refractivity contribution in [3.63, 3.8) is 0 Å². The molecule has 0 bridgehead atoms. The number of para-hydroxylation sites is 1. The largest absolute Gasteiger partial charge is 0.493 e. The molecule has 2 aromatic carbocycles. The van der Waals surface area contributed by atoms with Crippen molar-refractivity contribution in [3.8, 4) is 17.2 Å². The van der Waals surface area contributed by atoms with Crippen LogP contribution in [0.4, 0.5) is 0 Å². The highest BCUT2D eigenvalue weighted by molar-refractivity contribution is 6.07. The number of benzene rings is 2. The summed E-state index contributed by atoms with van der Waals surface area (Å²) in [4.78, 5) is 30.2. The molecule has 188 valence electrons. The Hall–Kier alpha value is -4.07. The first-order valence-electron chi connectivity index (χ1n) is 11.7. The van der Waals surface area contributed by atoms with E-state index in [9.17, 15) is 9.59 Å². The van der Waals surface area contributed by atoms with E-state index in [2.05, 4.69) is 5.32 Å². The van der Waals surface area contributed by atoms with E-state index in [1.165, 1.54) is 0 Å². The fourth-order valence-electron chi connectivity index (χ4n) is 4.46. The van der Waals surface area contributed by atoms with E-state index in [1.807, 2.05) is 56.3 Å². The first-order chi connectivity index (χ1) is 17.4.